The number of hydrogen-bond donors (Lipinski definition) is 3. The van der Waals surface area contributed by atoms with Crippen LogP contribution in [-0.4, -0.2) is 55.8 Å². The third kappa shape index (κ3) is 4.55. The van der Waals surface area contributed by atoms with Crippen molar-refractivity contribution in [2.45, 2.75) is 0 Å². The van der Waals surface area contributed by atoms with Gasteiger partial charge in [-0.1, -0.05) is 6.58 Å². The molecule has 1 fully saturated rings. The van der Waals surface area contributed by atoms with Crippen LogP contribution in [0.1, 0.15) is 15.9 Å². The smallest absolute Gasteiger partial charge is 0.260 e. The molecule has 2 aromatic rings. The normalized spacial score (nSPS) is 17.5. The van der Waals surface area contributed by atoms with Crippen LogP contribution in [0.15, 0.2) is 61.3 Å². The summed E-state index contributed by atoms with van der Waals surface area (Å²) < 4.78 is 0. The van der Waals surface area contributed by atoms with Gasteiger partial charge in [-0.25, -0.2) is 0 Å². The number of hydrogen-bond acceptors (Lipinski definition) is 6. The Kier molecular flexibility index (Phi) is 6.04. The number of nitrogens with zero attached hydrogens (tertiary/aromatic N) is 2. The number of anilines is 3. The van der Waals surface area contributed by atoms with E-state index in [2.05, 4.69) is 39.4 Å². The summed E-state index contributed by atoms with van der Waals surface area (Å²) in [6.45, 7) is 7.48. The largest absolute Gasteiger partial charge is 0.369 e. The van der Waals surface area contributed by atoms with Crippen LogP contribution in [0.25, 0.3) is 5.57 Å². The fourth-order valence-corrected chi connectivity index (χ4v) is 3.73. The first-order chi connectivity index (χ1) is 15.4. The van der Waals surface area contributed by atoms with Crippen LogP contribution in [0.5, 0.6) is 0 Å². The lowest BCUT2D eigenvalue weighted by Gasteiger charge is -2.34. The van der Waals surface area contributed by atoms with E-state index in [4.69, 9.17) is 0 Å². The van der Waals surface area contributed by atoms with Gasteiger partial charge in [0.2, 0.25) is 5.91 Å². The van der Waals surface area contributed by atoms with Crippen LogP contribution in [0.4, 0.5) is 17.1 Å². The maximum atomic E-state index is 12.5. The molecule has 0 aliphatic carbocycles. The van der Waals surface area contributed by atoms with E-state index in [0.29, 0.717) is 22.4 Å². The topological polar surface area (TPSA) is 93.8 Å². The van der Waals surface area contributed by atoms with Crippen LogP contribution in [-0.2, 0) is 9.59 Å². The number of imide groups is 1. The van der Waals surface area contributed by atoms with Crippen molar-refractivity contribution >= 4 is 40.4 Å². The van der Waals surface area contributed by atoms with E-state index in [9.17, 15) is 14.4 Å². The molecule has 2 aromatic carbocycles. The highest BCUT2D eigenvalue weighted by molar-refractivity contribution is 6.31. The minimum absolute atomic E-state index is 0.303. The van der Waals surface area contributed by atoms with E-state index in [0.717, 1.165) is 43.6 Å². The van der Waals surface area contributed by atoms with Crippen LogP contribution in [0.2, 0.25) is 0 Å². The van der Waals surface area contributed by atoms with Gasteiger partial charge in [0.25, 0.3) is 11.8 Å². The second-order valence-corrected chi connectivity index (χ2v) is 7.78. The molecule has 1 saturated heterocycles. The Morgan fingerprint density at radius 1 is 0.969 bits per heavy atom. The average Bonchev–Trinajstić information content (AvgIpc) is 2.79. The van der Waals surface area contributed by atoms with Gasteiger partial charge in [-0.15, -0.1) is 0 Å². The molecule has 2 heterocycles. The molecule has 3 amide bonds. The summed E-state index contributed by atoms with van der Waals surface area (Å²) in [6, 6.07) is 12.8. The lowest BCUT2D eigenvalue weighted by atomic mass is 9.95. The fourth-order valence-electron chi connectivity index (χ4n) is 3.73. The van der Waals surface area contributed by atoms with E-state index >= 15 is 0 Å². The van der Waals surface area contributed by atoms with E-state index in [-0.39, 0.29) is 5.91 Å². The zero-order valence-corrected chi connectivity index (χ0v) is 17.9. The lowest BCUT2D eigenvalue weighted by Crippen LogP contribution is -2.44. The highest BCUT2D eigenvalue weighted by Gasteiger charge is 2.27. The Balaban J connectivity index is 1.54. The summed E-state index contributed by atoms with van der Waals surface area (Å²) in [5, 5.41) is 8.14. The molecule has 164 valence electrons. The molecule has 0 bridgehead atoms. The highest BCUT2D eigenvalue weighted by Crippen LogP contribution is 2.28. The first-order valence-corrected chi connectivity index (χ1v) is 10.4. The summed E-state index contributed by atoms with van der Waals surface area (Å²) in [7, 11) is 2.13. The van der Waals surface area contributed by atoms with Crippen LogP contribution < -0.4 is 20.9 Å². The van der Waals surface area contributed by atoms with Crippen molar-refractivity contribution in [1.82, 2.24) is 10.2 Å². The van der Waals surface area contributed by atoms with E-state index in [1.165, 1.54) is 0 Å². The predicted molar refractivity (Wildman–Crippen MR) is 125 cm³/mol. The summed E-state index contributed by atoms with van der Waals surface area (Å²) >= 11 is 0. The van der Waals surface area contributed by atoms with Gasteiger partial charge < -0.3 is 20.4 Å². The SMILES string of the molecule is C=CC(=O)Nc1ccc2c(c1)/C(=C/Nc1ccc(N3CCN(C)CC3)cc1)C(=O)NC2=O. The second-order valence-electron chi connectivity index (χ2n) is 7.78. The molecule has 32 heavy (non-hydrogen) atoms. The summed E-state index contributed by atoms with van der Waals surface area (Å²) in [6.07, 6.45) is 2.73. The van der Waals surface area contributed by atoms with Crippen molar-refractivity contribution in [2.75, 3.05) is 48.8 Å². The number of carbonyl (C=O) groups excluding carboxylic acids is 3. The number of carbonyl (C=O) groups is 3. The van der Waals surface area contributed by atoms with Gasteiger partial charge in [-0.2, -0.15) is 0 Å². The van der Waals surface area contributed by atoms with Gasteiger partial charge in [0.05, 0.1) is 5.57 Å². The molecule has 8 nitrogen and oxygen atoms in total. The minimum Gasteiger partial charge on any atom is -0.369 e. The standard InChI is InChI=1S/C24H25N5O3/c1-3-22(30)26-17-6-9-19-20(14-17)21(24(32)27-23(19)31)15-25-16-4-7-18(8-5-16)29-12-10-28(2)11-13-29/h3-9,14-15,25H,1,10-13H2,2H3,(H,26,30)(H,27,31,32)/b21-15-. The first kappa shape index (κ1) is 21.3. The number of amides is 3. The Morgan fingerprint density at radius 3 is 2.34 bits per heavy atom. The van der Waals surface area contributed by atoms with Crippen LogP contribution >= 0.6 is 0 Å². The molecule has 0 spiro atoms. The van der Waals surface area contributed by atoms with Gasteiger partial charge in [0, 0.05) is 60.6 Å². The van der Waals surface area contributed by atoms with Crippen LogP contribution in [0, 0.1) is 0 Å². The second kappa shape index (κ2) is 9.07. The first-order valence-electron chi connectivity index (χ1n) is 10.4. The predicted octanol–water partition coefficient (Wildman–Crippen LogP) is 2.29. The summed E-state index contributed by atoms with van der Waals surface area (Å²) in [4.78, 5) is 41.0. The van der Waals surface area contributed by atoms with Gasteiger partial charge in [0.1, 0.15) is 0 Å². The van der Waals surface area contributed by atoms with Gasteiger partial charge >= 0.3 is 0 Å². The van der Waals surface area contributed by atoms with Crippen molar-refractivity contribution in [3.63, 3.8) is 0 Å². The maximum absolute atomic E-state index is 12.5. The highest BCUT2D eigenvalue weighted by atomic mass is 16.2. The number of fused-ring (bicyclic) bond motifs is 1. The van der Waals surface area contributed by atoms with E-state index < -0.39 is 11.8 Å². The van der Waals surface area contributed by atoms with Crippen molar-refractivity contribution in [1.29, 1.82) is 0 Å². The number of benzene rings is 2. The maximum Gasteiger partial charge on any atom is 0.260 e. The lowest BCUT2D eigenvalue weighted by molar-refractivity contribution is -0.115. The van der Waals surface area contributed by atoms with Crippen molar-refractivity contribution in [3.8, 4) is 0 Å². The molecule has 0 radical (unpaired) electrons. The summed E-state index contributed by atoms with van der Waals surface area (Å²) in [5.74, 6) is -1.35. The molecule has 0 aromatic heterocycles. The number of rotatable bonds is 5. The third-order valence-corrected chi connectivity index (χ3v) is 5.60. The van der Waals surface area contributed by atoms with Gasteiger partial charge in [-0.3, -0.25) is 19.7 Å². The van der Waals surface area contributed by atoms with Gasteiger partial charge in [-0.05, 0) is 55.6 Å². The molecular weight excluding hydrogens is 406 g/mol. The quantitative estimate of drug-likeness (QED) is 0.497. The molecular formula is C24H25N5O3. The zero-order chi connectivity index (χ0) is 22.7. The van der Waals surface area contributed by atoms with E-state index in [1.807, 2.05) is 24.3 Å². The molecule has 0 atom stereocenters. The van der Waals surface area contributed by atoms with Crippen molar-refractivity contribution in [3.05, 3.63) is 72.4 Å². The van der Waals surface area contributed by atoms with Crippen molar-refractivity contribution < 1.29 is 14.4 Å². The number of likely N-dealkylation sites (N-methyl/N-ethyl adjacent to an activating group) is 1. The third-order valence-electron chi connectivity index (χ3n) is 5.60. The van der Waals surface area contributed by atoms with Crippen molar-refractivity contribution in [2.24, 2.45) is 0 Å². The fraction of sp³-hybridized carbons (Fsp3) is 0.208. The Morgan fingerprint density at radius 2 is 1.66 bits per heavy atom. The number of piperazine rings is 1. The molecule has 0 unspecified atom stereocenters. The summed E-state index contributed by atoms with van der Waals surface area (Å²) in [5.41, 5.74) is 3.56. The minimum atomic E-state index is -0.503. The average molecular weight is 431 g/mol. The van der Waals surface area contributed by atoms with E-state index in [1.54, 1.807) is 24.4 Å². The number of nitrogens with one attached hydrogen (secondary N) is 3. The van der Waals surface area contributed by atoms with Crippen LogP contribution in [0.3, 0.4) is 0 Å². The zero-order valence-electron chi connectivity index (χ0n) is 17.9. The van der Waals surface area contributed by atoms with Gasteiger partial charge in [0.15, 0.2) is 0 Å². The molecule has 0 saturated carbocycles. The Labute approximate surface area is 186 Å². The Bertz CT molecular complexity index is 1100. The molecule has 8 heteroatoms. The molecule has 4 rings (SSSR count). The molecule has 2 aliphatic heterocycles. The molecule has 2 aliphatic rings. The molecule has 3 N–H and O–H groups in total. The monoisotopic (exact) mass is 431 g/mol. The Hall–Kier alpha value is -3.91.